The van der Waals surface area contributed by atoms with Crippen LogP contribution >= 0.6 is 11.6 Å². The van der Waals surface area contributed by atoms with Crippen LogP contribution in [0.5, 0.6) is 5.75 Å². The van der Waals surface area contributed by atoms with Crippen molar-refractivity contribution in [3.8, 4) is 5.75 Å². The maximum atomic E-state index is 12.1. The number of ketones is 1. The molecule has 4 nitrogen and oxygen atoms in total. The largest absolute Gasteiger partial charge is 0.497 e. The van der Waals surface area contributed by atoms with Crippen LogP contribution in [-0.2, 0) is 11.3 Å². The third-order valence-corrected chi connectivity index (χ3v) is 3.42. The number of hydrogen-bond donors (Lipinski definition) is 1. The second-order valence-corrected chi connectivity index (χ2v) is 5.16. The lowest BCUT2D eigenvalue weighted by Crippen LogP contribution is -2.21. The van der Waals surface area contributed by atoms with Crippen molar-refractivity contribution in [1.29, 1.82) is 0 Å². The first-order chi connectivity index (χ1) is 11.1. The molecule has 0 aliphatic heterocycles. The number of nitrogens with one attached hydrogen (secondary N) is 1. The fourth-order valence-corrected chi connectivity index (χ4v) is 2.11. The fraction of sp³-hybridized carbons (Fsp3) is 0.111. The number of benzene rings is 2. The zero-order valence-corrected chi connectivity index (χ0v) is 13.3. The Morgan fingerprint density at radius 3 is 2.35 bits per heavy atom. The van der Waals surface area contributed by atoms with Crippen molar-refractivity contribution in [1.82, 2.24) is 5.32 Å². The summed E-state index contributed by atoms with van der Waals surface area (Å²) in [6.45, 7) is 0.372. The highest BCUT2D eigenvalue weighted by atomic mass is 35.5. The summed E-state index contributed by atoms with van der Waals surface area (Å²) in [5.41, 5.74) is 1.36. The van der Waals surface area contributed by atoms with E-state index in [1.165, 1.54) is 0 Å². The molecule has 0 saturated carbocycles. The summed E-state index contributed by atoms with van der Waals surface area (Å²) < 4.78 is 5.02. The van der Waals surface area contributed by atoms with Crippen LogP contribution in [0.2, 0.25) is 0 Å². The Hall–Kier alpha value is -2.59. The van der Waals surface area contributed by atoms with Crippen LogP contribution in [0.15, 0.2) is 65.7 Å². The summed E-state index contributed by atoms with van der Waals surface area (Å²) in [4.78, 5) is 24.0. The molecule has 1 N–H and O–H groups in total. The van der Waals surface area contributed by atoms with E-state index >= 15 is 0 Å². The van der Waals surface area contributed by atoms with Gasteiger partial charge in [0.25, 0.3) is 0 Å². The second-order valence-electron chi connectivity index (χ2n) is 4.75. The molecule has 2 rings (SSSR count). The molecule has 0 aliphatic carbocycles. The number of ether oxygens (including phenoxy) is 1. The molecule has 0 heterocycles. The SMILES string of the molecule is COc1ccc(C(=O)/C(Cl)=C/C(=O)NCc2ccccc2)cc1. The van der Waals surface area contributed by atoms with E-state index in [2.05, 4.69) is 5.32 Å². The van der Waals surface area contributed by atoms with Crippen molar-refractivity contribution in [2.45, 2.75) is 6.54 Å². The Morgan fingerprint density at radius 1 is 1.09 bits per heavy atom. The molecule has 0 saturated heterocycles. The topological polar surface area (TPSA) is 55.4 Å². The highest BCUT2D eigenvalue weighted by Crippen LogP contribution is 2.16. The minimum Gasteiger partial charge on any atom is -0.497 e. The monoisotopic (exact) mass is 329 g/mol. The number of methoxy groups -OCH3 is 1. The first-order valence-electron chi connectivity index (χ1n) is 6.98. The third kappa shape index (κ3) is 4.97. The molecule has 0 bridgehead atoms. The van der Waals surface area contributed by atoms with Gasteiger partial charge in [0.1, 0.15) is 5.75 Å². The molecule has 1 amide bonds. The molecular weight excluding hydrogens is 314 g/mol. The number of amides is 1. The molecule has 2 aromatic carbocycles. The van der Waals surface area contributed by atoms with Crippen molar-refractivity contribution in [3.05, 3.63) is 76.8 Å². The van der Waals surface area contributed by atoms with Crippen LogP contribution in [-0.4, -0.2) is 18.8 Å². The summed E-state index contributed by atoms with van der Waals surface area (Å²) >= 11 is 5.94. The number of carbonyl (C=O) groups excluding carboxylic acids is 2. The Morgan fingerprint density at radius 2 is 1.74 bits per heavy atom. The van der Waals surface area contributed by atoms with Gasteiger partial charge in [0.2, 0.25) is 11.7 Å². The number of allylic oxidation sites excluding steroid dienone is 1. The Bertz CT molecular complexity index is 709. The molecule has 0 aliphatic rings. The molecule has 0 atom stereocenters. The second kappa shape index (κ2) is 8.15. The van der Waals surface area contributed by atoms with Gasteiger partial charge < -0.3 is 10.1 Å². The molecule has 23 heavy (non-hydrogen) atoms. The first kappa shape index (κ1) is 16.8. The van der Waals surface area contributed by atoms with Gasteiger partial charge in [-0.05, 0) is 29.8 Å². The predicted octanol–water partition coefficient (Wildman–Crippen LogP) is 3.32. The average molecular weight is 330 g/mol. The van der Waals surface area contributed by atoms with Gasteiger partial charge >= 0.3 is 0 Å². The lowest BCUT2D eigenvalue weighted by atomic mass is 10.1. The number of carbonyl (C=O) groups is 2. The Kier molecular flexibility index (Phi) is 5.94. The standard InChI is InChI=1S/C18H16ClNO3/c1-23-15-9-7-14(8-10-15)18(22)16(19)11-17(21)20-12-13-5-3-2-4-6-13/h2-11H,12H2,1H3,(H,20,21)/b16-11-. The van der Waals surface area contributed by atoms with Crippen molar-refractivity contribution in [2.75, 3.05) is 7.11 Å². The smallest absolute Gasteiger partial charge is 0.245 e. The van der Waals surface area contributed by atoms with E-state index in [4.69, 9.17) is 16.3 Å². The summed E-state index contributed by atoms with van der Waals surface area (Å²) in [5.74, 6) is -0.188. The fourth-order valence-electron chi connectivity index (χ4n) is 1.90. The molecule has 0 unspecified atom stereocenters. The molecule has 0 fully saturated rings. The Labute approximate surface area is 139 Å². The number of rotatable bonds is 6. The van der Waals surface area contributed by atoms with Crippen LogP contribution in [0.4, 0.5) is 0 Å². The minimum absolute atomic E-state index is 0.138. The summed E-state index contributed by atoms with van der Waals surface area (Å²) in [6, 6.07) is 16.0. The third-order valence-electron chi connectivity index (χ3n) is 3.14. The maximum absolute atomic E-state index is 12.1. The summed E-state index contributed by atoms with van der Waals surface area (Å²) in [6.07, 6.45) is 1.09. The zero-order chi connectivity index (χ0) is 16.7. The van der Waals surface area contributed by atoms with Gasteiger partial charge in [0, 0.05) is 18.2 Å². The Balaban J connectivity index is 1.97. The number of Topliss-reactive ketones (excluding diaryl/α,β-unsaturated/α-hetero) is 1. The van der Waals surface area contributed by atoms with Crippen molar-refractivity contribution in [2.24, 2.45) is 0 Å². The zero-order valence-electron chi connectivity index (χ0n) is 12.6. The van der Waals surface area contributed by atoms with Gasteiger partial charge in [-0.3, -0.25) is 9.59 Å². The average Bonchev–Trinajstić information content (AvgIpc) is 2.60. The normalized spacial score (nSPS) is 11.0. The first-order valence-corrected chi connectivity index (χ1v) is 7.35. The molecule has 118 valence electrons. The van der Waals surface area contributed by atoms with Gasteiger partial charge in [0.15, 0.2) is 0 Å². The van der Waals surface area contributed by atoms with Crippen LogP contribution in [0, 0.1) is 0 Å². The highest BCUT2D eigenvalue weighted by Gasteiger charge is 2.12. The van der Waals surface area contributed by atoms with Crippen LogP contribution in [0.1, 0.15) is 15.9 Å². The summed E-state index contributed by atoms with van der Waals surface area (Å²) in [5, 5.41) is 2.54. The van der Waals surface area contributed by atoms with E-state index < -0.39 is 11.7 Å². The molecular formula is C18H16ClNO3. The molecule has 5 heteroatoms. The molecule has 0 spiro atoms. The number of halogens is 1. The highest BCUT2D eigenvalue weighted by molar-refractivity contribution is 6.46. The van der Waals surface area contributed by atoms with E-state index in [-0.39, 0.29) is 5.03 Å². The van der Waals surface area contributed by atoms with E-state index in [0.717, 1.165) is 11.6 Å². The van der Waals surface area contributed by atoms with Crippen LogP contribution in [0.3, 0.4) is 0 Å². The van der Waals surface area contributed by atoms with E-state index in [1.54, 1.807) is 31.4 Å². The van der Waals surface area contributed by atoms with E-state index in [9.17, 15) is 9.59 Å². The van der Waals surface area contributed by atoms with Crippen molar-refractivity contribution >= 4 is 23.3 Å². The van der Waals surface area contributed by atoms with E-state index in [1.807, 2.05) is 30.3 Å². The van der Waals surface area contributed by atoms with Gasteiger partial charge in [-0.15, -0.1) is 0 Å². The molecule has 0 radical (unpaired) electrons. The van der Waals surface area contributed by atoms with Crippen LogP contribution < -0.4 is 10.1 Å². The summed E-state index contributed by atoms with van der Waals surface area (Å²) in [7, 11) is 1.54. The lowest BCUT2D eigenvalue weighted by Gasteiger charge is -2.04. The maximum Gasteiger partial charge on any atom is 0.245 e. The van der Waals surface area contributed by atoms with Gasteiger partial charge in [0.05, 0.1) is 12.1 Å². The van der Waals surface area contributed by atoms with Gasteiger partial charge in [-0.1, -0.05) is 41.9 Å². The van der Waals surface area contributed by atoms with Crippen LogP contribution in [0.25, 0.3) is 0 Å². The molecule has 0 aromatic heterocycles. The number of hydrogen-bond acceptors (Lipinski definition) is 3. The van der Waals surface area contributed by atoms with Crippen molar-refractivity contribution < 1.29 is 14.3 Å². The quantitative estimate of drug-likeness (QED) is 0.653. The van der Waals surface area contributed by atoms with Gasteiger partial charge in [-0.25, -0.2) is 0 Å². The predicted molar refractivity (Wildman–Crippen MR) is 89.5 cm³/mol. The van der Waals surface area contributed by atoms with Gasteiger partial charge in [-0.2, -0.15) is 0 Å². The lowest BCUT2D eigenvalue weighted by molar-refractivity contribution is -0.116. The van der Waals surface area contributed by atoms with E-state index in [0.29, 0.717) is 17.9 Å². The minimum atomic E-state index is -0.416. The molecule has 2 aromatic rings. The van der Waals surface area contributed by atoms with Crippen molar-refractivity contribution in [3.63, 3.8) is 0 Å².